The lowest BCUT2D eigenvalue weighted by molar-refractivity contribution is 0.195. The average Bonchev–Trinajstić information content (AvgIpc) is 2.92. The minimum absolute atomic E-state index is 0.728. The van der Waals surface area contributed by atoms with Gasteiger partial charge in [-0.1, -0.05) is 25.0 Å². The third kappa shape index (κ3) is 3.71. The van der Waals surface area contributed by atoms with Crippen LogP contribution in [0.5, 0.6) is 5.75 Å². The molecule has 0 heterocycles. The molecule has 0 spiro atoms. The largest absolute Gasteiger partial charge is 0.496 e. The van der Waals surface area contributed by atoms with Gasteiger partial charge in [-0.15, -0.1) is 0 Å². The lowest BCUT2D eigenvalue weighted by Gasteiger charge is -2.28. The molecule has 0 aliphatic heterocycles. The summed E-state index contributed by atoms with van der Waals surface area (Å²) in [6.07, 6.45) is 5.39. The number of benzene rings is 1. The van der Waals surface area contributed by atoms with Gasteiger partial charge in [0.15, 0.2) is 0 Å². The minimum Gasteiger partial charge on any atom is -0.496 e. The Labute approximate surface area is 116 Å². The average molecular weight is 262 g/mol. The van der Waals surface area contributed by atoms with Crippen molar-refractivity contribution < 1.29 is 4.74 Å². The molecule has 0 bridgehead atoms. The molecule has 0 atom stereocenters. The summed E-state index contributed by atoms with van der Waals surface area (Å²) in [5.74, 6) is 0.968. The molecule has 0 radical (unpaired) electrons. The fourth-order valence-electron chi connectivity index (χ4n) is 3.10. The molecule has 1 aromatic rings. The Morgan fingerprint density at radius 1 is 1.32 bits per heavy atom. The second-order valence-electron chi connectivity index (χ2n) is 5.50. The first-order valence-corrected chi connectivity index (χ1v) is 7.32. The van der Waals surface area contributed by atoms with E-state index in [-0.39, 0.29) is 0 Å². The number of nitrogens with zero attached hydrogens (tertiary/aromatic N) is 1. The molecule has 2 rings (SSSR count). The molecule has 0 unspecified atom stereocenters. The number of methoxy groups -OCH3 is 1. The van der Waals surface area contributed by atoms with E-state index in [2.05, 4.69) is 30.0 Å². The highest BCUT2D eigenvalue weighted by atomic mass is 16.5. The van der Waals surface area contributed by atoms with Crippen molar-refractivity contribution in [3.8, 4) is 5.75 Å². The first kappa shape index (κ1) is 14.4. The molecule has 3 heteroatoms. The summed E-state index contributed by atoms with van der Waals surface area (Å²) < 4.78 is 5.32. The number of ether oxygens (including phenoxy) is 1. The molecule has 1 aliphatic rings. The zero-order valence-electron chi connectivity index (χ0n) is 12.2. The van der Waals surface area contributed by atoms with Gasteiger partial charge in [0.05, 0.1) is 7.11 Å². The molecule has 3 nitrogen and oxygen atoms in total. The van der Waals surface area contributed by atoms with Gasteiger partial charge in [0.1, 0.15) is 5.75 Å². The van der Waals surface area contributed by atoms with Gasteiger partial charge in [-0.25, -0.2) is 0 Å². The Bertz CT molecular complexity index is 400. The van der Waals surface area contributed by atoms with Crippen molar-refractivity contribution in [3.63, 3.8) is 0 Å². The van der Waals surface area contributed by atoms with Crippen molar-refractivity contribution in [2.24, 2.45) is 5.73 Å². The minimum atomic E-state index is 0.728. The molecule has 19 heavy (non-hydrogen) atoms. The van der Waals surface area contributed by atoms with Crippen LogP contribution in [-0.4, -0.2) is 31.1 Å². The second kappa shape index (κ2) is 6.92. The molecule has 1 aliphatic carbocycles. The van der Waals surface area contributed by atoms with E-state index in [4.69, 9.17) is 10.5 Å². The van der Waals surface area contributed by atoms with Crippen molar-refractivity contribution in [3.05, 3.63) is 29.3 Å². The van der Waals surface area contributed by atoms with Gasteiger partial charge in [0.25, 0.3) is 0 Å². The van der Waals surface area contributed by atoms with E-state index >= 15 is 0 Å². The fraction of sp³-hybridized carbons (Fsp3) is 0.625. The maximum absolute atomic E-state index is 5.76. The van der Waals surface area contributed by atoms with Crippen LogP contribution in [0.25, 0.3) is 0 Å². The Kier molecular flexibility index (Phi) is 5.23. The van der Waals surface area contributed by atoms with Gasteiger partial charge < -0.3 is 10.5 Å². The molecular weight excluding hydrogens is 236 g/mol. The molecule has 0 amide bonds. The van der Waals surface area contributed by atoms with E-state index in [0.717, 1.165) is 31.4 Å². The molecule has 0 saturated heterocycles. The van der Waals surface area contributed by atoms with Gasteiger partial charge in [0, 0.05) is 25.7 Å². The molecule has 0 aromatic heterocycles. The monoisotopic (exact) mass is 262 g/mol. The fourth-order valence-corrected chi connectivity index (χ4v) is 3.10. The number of rotatable bonds is 6. The van der Waals surface area contributed by atoms with Crippen LogP contribution in [0.4, 0.5) is 0 Å². The third-order valence-corrected chi connectivity index (χ3v) is 4.10. The smallest absolute Gasteiger partial charge is 0.121 e. The van der Waals surface area contributed by atoms with Crippen molar-refractivity contribution in [1.29, 1.82) is 0 Å². The Balaban J connectivity index is 2.05. The van der Waals surface area contributed by atoms with Crippen LogP contribution >= 0.6 is 0 Å². The SMILES string of the molecule is COc1ccc(CN(CCN)C2CCCC2)cc1C. The van der Waals surface area contributed by atoms with Crippen molar-refractivity contribution in [2.75, 3.05) is 20.2 Å². The predicted molar refractivity (Wildman–Crippen MR) is 79.5 cm³/mol. The lowest BCUT2D eigenvalue weighted by Crippen LogP contribution is -2.36. The lowest BCUT2D eigenvalue weighted by atomic mass is 10.1. The first-order chi connectivity index (χ1) is 9.24. The topological polar surface area (TPSA) is 38.5 Å². The van der Waals surface area contributed by atoms with Crippen LogP contribution in [-0.2, 0) is 6.54 Å². The first-order valence-electron chi connectivity index (χ1n) is 7.32. The van der Waals surface area contributed by atoms with Gasteiger partial charge in [-0.05, 0) is 37.0 Å². The maximum atomic E-state index is 5.76. The summed E-state index contributed by atoms with van der Waals surface area (Å²) in [7, 11) is 1.72. The van der Waals surface area contributed by atoms with Crippen molar-refractivity contribution in [1.82, 2.24) is 4.90 Å². The predicted octanol–water partition coefficient (Wildman–Crippen LogP) is 2.71. The Morgan fingerprint density at radius 3 is 2.63 bits per heavy atom. The maximum Gasteiger partial charge on any atom is 0.121 e. The summed E-state index contributed by atoms with van der Waals surface area (Å²) in [6.45, 7) is 4.85. The van der Waals surface area contributed by atoms with Crippen LogP contribution in [0.2, 0.25) is 0 Å². The molecule has 106 valence electrons. The quantitative estimate of drug-likeness (QED) is 0.856. The number of hydrogen-bond acceptors (Lipinski definition) is 3. The van der Waals surface area contributed by atoms with Crippen LogP contribution < -0.4 is 10.5 Å². The second-order valence-corrected chi connectivity index (χ2v) is 5.50. The van der Waals surface area contributed by atoms with E-state index in [0.29, 0.717) is 0 Å². The van der Waals surface area contributed by atoms with E-state index < -0.39 is 0 Å². The third-order valence-electron chi connectivity index (χ3n) is 4.10. The van der Waals surface area contributed by atoms with Gasteiger partial charge in [0.2, 0.25) is 0 Å². The molecule has 1 saturated carbocycles. The molecule has 1 aromatic carbocycles. The highest BCUT2D eigenvalue weighted by molar-refractivity contribution is 5.36. The van der Waals surface area contributed by atoms with E-state index in [1.165, 1.54) is 36.8 Å². The normalized spacial score (nSPS) is 16.2. The highest BCUT2D eigenvalue weighted by Gasteiger charge is 2.22. The Morgan fingerprint density at radius 2 is 2.05 bits per heavy atom. The van der Waals surface area contributed by atoms with Crippen LogP contribution in [0, 0.1) is 6.92 Å². The molecular formula is C16H26N2O. The van der Waals surface area contributed by atoms with Gasteiger partial charge in [-0.3, -0.25) is 4.90 Å². The van der Waals surface area contributed by atoms with Gasteiger partial charge in [-0.2, -0.15) is 0 Å². The highest BCUT2D eigenvalue weighted by Crippen LogP contribution is 2.26. The molecule has 1 fully saturated rings. The summed E-state index contributed by atoms with van der Waals surface area (Å²) in [6, 6.07) is 7.20. The van der Waals surface area contributed by atoms with E-state index in [1.807, 2.05) is 0 Å². The standard InChI is InChI=1S/C16H26N2O/c1-13-11-14(7-8-16(13)19-2)12-18(10-9-17)15-5-3-4-6-15/h7-8,11,15H,3-6,9-10,12,17H2,1-2H3. The van der Waals surface area contributed by atoms with Crippen molar-refractivity contribution >= 4 is 0 Å². The zero-order chi connectivity index (χ0) is 13.7. The molecule has 2 N–H and O–H groups in total. The van der Waals surface area contributed by atoms with Crippen LogP contribution in [0.1, 0.15) is 36.8 Å². The van der Waals surface area contributed by atoms with Crippen molar-refractivity contribution in [2.45, 2.75) is 45.2 Å². The zero-order valence-corrected chi connectivity index (χ0v) is 12.2. The summed E-state index contributed by atoms with van der Waals surface area (Å²) in [5, 5.41) is 0. The summed E-state index contributed by atoms with van der Waals surface area (Å²) >= 11 is 0. The number of nitrogens with two attached hydrogens (primary N) is 1. The number of aryl methyl sites for hydroxylation is 1. The Hall–Kier alpha value is -1.06. The summed E-state index contributed by atoms with van der Waals surface area (Å²) in [4.78, 5) is 2.55. The van der Waals surface area contributed by atoms with Crippen LogP contribution in [0.15, 0.2) is 18.2 Å². The summed E-state index contributed by atoms with van der Waals surface area (Å²) in [5.41, 5.74) is 8.33. The van der Waals surface area contributed by atoms with E-state index in [9.17, 15) is 0 Å². The van der Waals surface area contributed by atoms with E-state index in [1.54, 1.807) is 7.11 Å². The number of hydrogen-bond donors (Lipinski definition) is 1. The van der Waals surface area contributed by atoms with Crippen LogP contribution in [0.3, 0.4) is 0 Å². The van der Waals surface area contributed by atoms with Gasteiger partial charge >= 0.3 is 0 Å².